The first-order valence-electron chi connectivity index (χ1n) is 5.36. The molecular weight excluding hydrogens is 268 g/mol. The van der Waals surface area contributed by atoms with Gasteiger partial charge in [0, 0.05) is 29.3 Å². The van der Waals surface area contributed by atoms with Gasteiger partial charge in [0.15, 0.2) is 0 Å². The molecule has 2 rings (SSSR count). The number of aliphatic hydroxyl groups excluding tert-OH is 1. The number of hydrogen-bond acceptors (Lipinski definition) is 3. The van der Waals surface area contributed by atoms with Crippen molar-refractivity contribution in [2.24, 2.45) is 0 Å². The molecule has 0 atom stereocenters. The van der Waals surface area contributed by atoms with Crippen molar-refractivity contribution >= 4 is 21.7 Å². The molecule has 0 aliphatic carbocycles. The molecule has 0 amide bonds. The third-order valence-electron chi connectivity index (χ3n) is 2.82. The summed E-state index contributed by atoms with van der Waals surface area (Å²) >= 11 is 3.37. The van der Waals surface area contributed by atoms with Crippen LogP contribution in [0.5, 0.6) is 0 Å². The lowest BCUT2D eigenvalue weighted by Gasteiger charge is -2.28. The van der Waals surface area contributed by atoms with Gasteiger partial charge < -0.3 is 10.0 Å². The SMILES string of the molecule is CC1=CCN(c2ncc(Br)cc2CO)CC1. The smallest absolute Gasteiger partial charge is 0.134 e. The Kier molecular flexibility index (Phi) is 3.61. The number of aromatic nitrogens is 1. The van der Waals surface area contributed by atoms with Gasteiger partial charge in [-0.05, 0) is 35.3 Å². The van der Waals surface area contributed by atoms with Crippen LogP contribution in [0.25, 0.3) is 0 Å². The summed E-state index contributed by atoms with van der Waals surface area (Å²) in [6, 6.07) is 1.92. The van der Waals surface area contributed by atoms with Crippen molar-refractivity contribution in [2.45, 2.75) is 20.0 Å². The molecule has 1 aliphatic heterocycles. The fraction of sp³-hybridized carbons (Fsp3) is 0.417. The summed E-state index contributed by atoms with van der Waals surface area (Å²) in [6.07, 6.45) is 5.07. The molecule has 3 nitrogen and oxygen atoms in total. The fourth-order valence-electron chi connectivity index (χ4n) is 1.84. The maximum absolute atomic E-state index is 9.32. The van der Waals surface area contributed by atoms with E-state index in [-0.39, 0.29) is 6.61 Å². The Balaban J connectivity index is 2.27. The first kappa shape index (κ1) is 11.6. The van der Waals surface area contributed by atoms with Crippen LogP contribution < -0.4 is 4.90 Å². The Morgan fingerprint density at radius 3 is 3.00 bits per heavy atom. The molecule has 0 unspecified atom stereocenters. The van der Waals surface area contributed by atoms with Gasteiger partial charge in [-0.2, -0.15) is 0 Å². The average Bonchev–Trinajstić information content (AvgIpc) is 2.30. The van der Waals surface area contributed by atoms with Gasteiger partial charge in [0.2, 0.25) is 0 Å². The van der Waals surface area contributed by atoms with Gasteiger partial charge in [0.05, 0.1) is 6.61 Å². The standard InChI is InChI=1S/C12H15BrN2O/c1-9-2-4-15(5-3-9)12-10(8-16)6-11(13)7-14-12/h2,6-7,16H,3-5,8H2,1H3. The minimum Gasteiger partial charge on any atom is -0.392 e. The monoisotopic (exact) mass is 282 g/mol. The van der Waals surface area contributed by atoms with Crippen LogP contribution in [0.15, 0.2) is 28.4 Å². The molecule has 4 heteroatoms. The van der Waals surface area contributed by atoms with Gasteiger partial charge in [-0.15, -0.1) is 0 Å². The van der Waals surface area contributed by atoms with E-state index in [1.165, 1.54) is 5.57 Å². The zero-order valence-corrected chi connectivity index (χ0v) is 10.9. The first-order chi connectivity index (χ1) is 7.70. The molecule has 0 bridgehead atoms. The lowest BCUT2D eigenvalue weighted by molar-refractivity contribution is 0.281. The molecule has 1 N–H and O–H groups in total. The molecule has 0 spiro atoms. The van der Waals surface area contributed by atoms with Crippen LogP contribution in [0.2, 0.25) is 0 Å². The predicted molar refractivity (Wildman–Crippen MR) is 68.4 cm³/mol. The van der Waals surface area contributed by atoms with Crippen LogP contribution in [0, 0.1) is 0 Å². The molecule has 2 heterocycles. The third kappa shape index (κ3) is 2.44. The molecule has 0 aromatic carbocycles. The van der Waals surface area contributed by atoms with E-state index in [4.69, 9.17) is 0 Å². The van der Waals surface area contributed by atoms with Crippen LogP contribution in [0.1, 0.15) is 18.9 Å². The minimum atomic E-state index is 0.0287. The molecule has 0 fully saturated rings. The van der Waals surface area contributed by atoms with Gasteiger partial charge >= 0.3 is 0 Å². The van der Waals surface area contributed by atoms with E-state index >= 15 is 0 Å². The number of pyridine rings is 1. The summed E-state index contributed by atoms with van der Waals surface area (Å²) in [5.74, 6) is 0.898. The summed E-state index contributed by atoms with van der Waals surface area (Å²) in [5.41, 5.74) is 2.31. The van der Waals surface area contributed by atoms with Gasteiger partial charge in [0.25, 0.3) is 0 Å². The minimum absolute atomic E-state index is 0.0287. The highest BCUT2D eigenvalue weighted by Gasteiger charge is 2.14. The van der Waals surface area contributed by atoms with Crippen molar-refractivity contribution in [3.63, 3.8) is 0 Å². The molecule has 0 saturated carbocycles. The number of halogens is 1. The third-order valence-corrected chi connectivity index (χ3v) is 3.25. The largest absolute Gasteiger partial charge is 0.392 e. The van der Waals surface area contributed by atoms with E-state index in [0.29, 0.717) is 0 Å². The Labute approximate surface area is 104 Å². The molecule has 0 radical (unpaired) electrons. The predicted octanol–water partition coefficient (Wildman–Crippen LogP) is 2.49. The number of nitrogens with zero attached hydrogens (tertiary/aromatic N) is 2. The number of aliphatic hydroxyl groups is 1. The van der Waals surface area contributed by atoms with Crippen molar-refractivity contribution in [3.8, 4) is 0 Å². The second-order valence-corrected chi connectivity index (χ2v) is 4.96. The quantitative estimate of drug-likeness (QED) is 0.847. The fourth-order valence-corrected chi connectivity index (χ4v) is 2.22. The lowest BCUT2D eigenvalue weighted by Crippen LogP contribution is -2.29. The Bertz CT molecular complexity index is 417. The van der Waals surface area contributed by atoms with Crippen LogP contribution in [0.3, 0.4) is 0 Å². The average molecular weight is 283 g/mol. The van der Waals surface area contributed by atoms with E-state index in [0.717, 1.165) is 35.4 Å². The Morgan fingerprint density at radius 1 is 1.56 bits per heavy atom. The van der Waals surface area contributed by atoms with Crippen LogP contribution in [0.4, 0.5) is 5.82 Å². The molecule has 1 aromatic heterocycles. The summed E-state index contributed by atoms with van der Waals surface area (Å²) in [5, 5.41) is 9.32. The van der Waals surface area contributed by atoms with Crippen LogP contribution in [-0.4, -0.2) is 23.2 Å². The maximum atomic E-state index is 9.32. The van der Waals surface area contributed by atoms with Crippen molar-refractivity contribution in [3.05, 3.63) is 33.9 Å². The summed E-state index contributed by atoms with van der Waals surface area (Å²) < 4.78 is 0.907. The van der Waals surface area contributed by atoms with Gasteiger partial charge in [-0.3, -0.25) is 0 Å². The molecule has 1 aromatic rings. The molecule has 0 saturated heterocycles. The summed E-state index contributed by atoms with van der Waals surface area (Å²) in [7, 11) is 0. The molecule has 1 aliphatic rings. The van der Waals surface area contributed by atoms with Crippen molar-refractivity contribution < 1.29 is 5.11 Å². The zero-order chi connectivity index (χ0) is 11.5. The maximum Gasteiger partial charge on any atom is 0.134 e. The van der Waals surface area contributed by atoms with Gasteiger partial charge in [0.1, 0.15) is 5.82 Å². The lowest BCUT2D eigenvalue weighted by atomic mass is 10.1. The van der Waals surface area contributed by atoms with Crippen molar-refractivity contribution in [2.75, 3.05) is 18.0 Å². The highest BCUT2D eigenvalue weighted by Crippen LogP contribution is 2.24. The van der Waals surface area contributed by atoms with Crippen molar-refractivity contribution in [1.82, 2.24) is 4.98 Å². The van der Waals surface area contributed by atoms with Gasteiger partial charge in [-0.1, -0.05) is 11.6 Å². The van der Waals surface area contributed by atoms with Crippen LogP contribution in [-0.2, 0) is 6.61 Å². The Morgan fingerprint density at radius 2 is 2.38 bits per heavy atom. The van der Waals surface area contributed by atoms with E-state index in [1.807, 2.05) is 6.07 Å². The van der Waals surface area contributed by atoms with E-state index in [1.54, 1.807) is 6.20 Å². The first-order valence-corrected chi connectivity index (χ1v) is 6.16. The second-order valence-electron chi connectivity index (χ2n) is 4.04. The highest BCUT2D eigenvalue weighted by atomic mass is 79.9. The summed E-state index contributed by atoms with van der Waals surface area (Å²) in [4.78, 5) is 6.59. The molecular formula is C12H15BrN2O. The van der Waals surface area contributed by atoms with Gasteiger partial charge in [-0.25, -0.2) is 4.98 Å². The topological polar surface area (TPSA) is 36.4 Å². The molecule has 86 valence electrons. The van der Waals surface area contributed by atoms with E-state index in [9.17, 15) is 5.11 Å². The Hall–Kier alpha value is -0.870. The number of hydrogen-bond donors (Lipinski definition) is 1. The zero-order valence-electron chi connectivity index (χ0n) is 9.28. The number of anilines is 1. The normalized spacial score (nSPS) is 16.2. The highest BCUT2D eigenvalue weighted by molar-refractivity contribution is 9.10. The van der Waals surface area contributed by atoms with E-state index < -0.39 is 0 Å². The summed E-state index contributed by atoms with van der Waals surface area (Å²) in [6.45, 7) is 4.04. The van der Waals surface area contributed by atoms with E-state index in [2.05, 4.69) is 38.8 Å². The van der Waals surface area contributed by atoms with Crippen molar-refractivity contribution in [1.29, 1.82) is 0 Å². The van der Waals surface area contributed by atoms with Crippen LogP contribution >= 0.6 is 15.9 Å². The molecule has 16 heavy (non-hydrogen) atoms. The second kappa shape index (κ2) is 4.97. The number of rotatable bonds is 2.